The Balaban J connectivity index is 1.99. The first-order valence-corrected chi connectivity index (χ1v) is 8.97. The Kier molecular flexibility index (Phi) is 3.41. The molecule has 1 N–H and O–H groups in total. The van der Waals surface area contributed by atoms with E-state index < -0.39 is 0 Å². The van der Waals surface area contributed by atoms with E-state index in [1.807, 2.05) is 0 Å². The maximum atomic E-state index is 10.5. The first-order valence-electron chi connectivity index (χ1n) is 8.97. The lowest BCUT2D eigenvalue weighted by atomic mass is 9.42. The van der Waals surface area contributed by atoms with Crippen molar-refractivity contribution in [3.63, 3.8) is 0 Å². The molecule has 0 aromatic carbocycles. The largest absolute Gasteiger partial charge is 0.393 e. The molecule has 0 unspecified atom stereocenters. The predicted octanol–water partition coefficient (Wildman–Crippen LogP) is 5.19. The number of rotatable bonds is 1. The highest BCUT2D eigenvalue weighted by Gasteiger charge is 2.63. The lowest BCUT2D eigenvalue weighted by Gasteiger charge is -2.63. The Bertz CT molecular complexity index is 451. The van der Waals surface area contributed by atoms with Crippen LogP contribution >= 0.6 is 0 Å². The Morgan fingerprint density at radius 1 is 0.905 bits per heavy atom. The van der Waals surface area contributed by atoms with E-state index >= 15 is 0 Å². The maximum absolute atomic E-state index is 10.5. The third-order valence-electron chi connectivity index (χ3n) is 8.21. The maximum Gasteiger partial charge on any atom is 0.0594 e. The highest BCUT2D eigenvalue weighted by Crippen LogP contribution is 2.70. The van der Waals surface area contributed by atoms with Crippen molar-refractivity contribution in [3.8, 4) is 0 Å². The van der Waals surface area contributed by atoms with Crippen LogP contribution in [0, 0.1) is 34.0 Å². The van der Waals surface area contributed by atoms with Crippen LogP contribution < -0.4 is 0 Å². The zero-order valence-electron chi connectivity index (χ0n) is 14.7. The van der Waals surface area contributed by atoms with Crippen LogP contribution in [-0.2, 0) is 0 Å². The van der Waals surface area contributed by atoms with Crippen molar-refractivity contribution in [1.82, 2.24) is 0 Å². The number of aliphatic hydroxyl groups excluding tert-OH is 1. The summed E-state index contributed by atoms with van der Waals surface area (Å²) in [5.74, 6) is 2.21. The minimum Gasteiger partial charge on any atom is -0.393 e. The minimum atomic E-state index is -0.113. The van der Waals surface area contributed by atoms with E-state index in [-0.39, 0.29) is 11.5 Å². The fraction of sp³-hybridized carbons (Fsp3) is 0.900. The second-order valence-electron chi connectivity index (χ2n) is 9.51. The lowest BCUT2D eigenvalue weighted by molar-refractivity contribution is -0.166. The van der Waals surface area contributed by atoms with Gasteiger partial charge >= 0.3 is 0 Å². The Labute approximate surface area is 131 Å². The molecule has 0 saturated heterocycles. The van der Waals surface area contributed by atoms with Crippen LogP contribution in [0.4, 0.5) is 0 Å². The molecule has 1 heteroatoms. The molecular formula is C20H34O. The first kappa shape index (κ1) is 15.6. The molecule has 6 atom stereocenters. The summed E-state index contributed by atoms with van der Waals surface area (Å²) in [5, 5.41) is 10.5. The summed E-state index contributed by atoms with van der Waals surface area (Å²) in [4.78, 5) is 0. The zero-order valence-corrected chi connectivity index (χ0v) is 14.7. The molecule has 0 heterocycles. The monoisotopic (exact) mass is 290 g/mol. The van der Waals surface area contributed by atoms with Crippen molar-refractivity contribution >= 4 is 0 Å². The number of hydrogen-bond acceptors (Lipinski definition) is 1. The van der Waals surface area contributed by atoms with Crippen LogP contribution in [0.3, 0.4) is 0 Å². The van der Waals surface area contributed by atoms with Gasteiger partial charge in [-0.15, -0.1) is 0 Å². The van der Waals surface area contributed by atoms with Gasteiger partial charge in [0.05, 0.1) is 6.10 Å². The van der Waals surface area contributed by atoms with Crippen LogP contribution in [0.15, 0.2) is 12.2 Å². The van der Waals surface area contributed by atoms with Crippen molar-refractivity contribution < 1.29 is 5.11 Å². The van der Waals surface area contributed by atoms with Crippen LogP contribution in [0.1, 0.15) is 73.1 Å². The number of allylic oxidation sites excluding steroid dienone is 1. The average molecular weight is 290 g/mol. The highest BCUT2D eigenvalue weighted by molar-refractivity contribution is 5.17. The lowest BCUT2D eigenvalue weighted by Crippen LogP contribution is -2.58. The molecule has 120 valence electrons. The fourth-order valence-electron chi connectivity index (χ4n) is 7.13. The standard InChI is InChI=1S/C20H34O/c1-13(2)14-7-8-16-19(14,5)11-9-15-18(3,4)17(21)10-12-20(15,16)6/h14-17,21H,1,7-12H2,2-6H3/t14-,15-,16+,17-,19+,20-/m0/s1. The van der Waals surface area contributed by atoms with E-state index in [0.29, 0.717) is 16.7 Å². The Morgan fingerprint density at radius 2 is 1.52 bits per heavy atom. The molecule has 21 heavy (non-hydrogen) atoms. The molecule has 0 aromatic heterocycles. The second kappa shape index (κ2) is 4.60. The molecule has 0 radical (unpaired) electrons. The summed E-state index contributed by atoms with van der Waals surface area (Å²) in [7, 11) is 0. The van der Waals surface area contributed by atoms with Gasteiger partial charge in [0.2, 0.25) is 0 Å². The third kappa shape index (κ3) is 1.92. The summed E-state index contributed by atoms with van der Waals surface area (Å²) < 4.78 is 0. The van der Waals surface area contributed by atoms with E-state index in [1.54, 1.807) is 0 Å². The van der Waals surface area contributed by atoms with Gasteiger partial charge in [0.1, 0.15) is 0 Å². The topological polar surface area (TPSA) is 20.2 Å². The predicted molar refractivity (Wildman–Crippen MR) is 89.0 cm³/mol. The van der Waals surface area contributed by atoms with Crippen LogP contribution in [0.25, 0.3) is 0 Å². The van der Waals surface area contributed by atoms with Gasteiger partial charge in [0, 0.05) is 0 Å². The molecule has 3 saturated carbocycles. The quantitative estimate of drug-likeness (QED) is 0.659. The van der Waals surface area contributed by atoms with E-state index in [4.69, 9.17) is 0 Å². The molecule has 3 rings (SSSR count). The van der Waals surface area contributed by atoms with E-state index in [1.165, 1.54) is 37.7 Å². The highest BCUT2D eigenvalue weighted by atomic mass is 16.3. The van der Waals surface area contributed by atoms with Crippen LogP contribution in [0.5, 0.6) is 0 Å². The summed E-state index contributed by atoms with van der Waals surface area (Å²) in [6, 6.07) is 0. The van der Waals surface area contributed by atoms with E-state index in [0.717, 1.165) is 18.3 Å². The van der Waals surface area contributed by atoms with E-state index in [9.17, 15) is 5.11 Å². The van der Waals surface area contributed by atoms with Gasteiger partial charge < -0.3 is 5.11 Å². The molecule has 0 aromatic rings. The smallest absolute Gasteiger partial charge is 0.0594 e. The molecule has 3 fully saturated rings. The van der Waals surface area contributed by atoms with Crippen molar-refractivity contribution in [3.05, 3.63) is 12.2 Å². The van der Waals surface area contributed by atoms with Gasteiger partial charge in [-0.2, -0.15) is 0 Å². The SMILES string of the molecule is C=C(C)[C@@H]1CC[C@@H]2[C@]1(C)CC[C@H]1C(C)(C)[C@@H](O)CC[C@]21C. The molecule has 3 aliphatic rings. The van der Waals surface area contributed by atoms with Crippen LogP contribution in [-0.4, -0.2) is 11.2 Å². The molecule has 3 aliphatic carbocycles. The van der Waals surface area contributed by atoms with Gasteiger partial charge in [-0.3, -0.25) is 0 Å². The van der Waals surface area contributed by atoms with Gasteiger partial charge in [-0.1, -0.05) is 39.8 Å². The molecule has 0 spiro atoms. The second-order valence-corrected chi connectivity index (χ2v) is 9.51. The summed E-state index contributed by atoms with van der Waals surface area (Å²) in [6.07, 6.45) is 7.41. The zero-order chi connectivity index (χ0) is 15.6. The summed E-state index contributed by atoms with van der Waals surface area (Å²) in [5.41, 5.74) is 2.35. The molecule has 0 bridgehead atoms. The minimum absolute atomic E-state index is 0.0790. The number of aliphatic hydroxyl groups is 1. The average Bonchev–Trinajstić information content (AvgIpc) is 2.73. The van der Waals surface area contributed by atoms with Crippen LogP contribution in [0.2, 0.25) is 0 Å². The molecular weight excluding hydrogens is 256 g/mol. The third-order valence-corrected chi connectivity index (χ3v) is 8.21. The summed E-state index contributed by atoms with van der Waals surface area (Å²) >= 11 is 0. The van der Waals surface area contributed by atoms with Gasteiger partial charge in [-0.05, 0) is 79.4 Å². The van der Waals surface area contributed by atoms with Gasteiger partial charge in [-0.25, -0.2) is 0 Å². The van der Waals surface area contributed by atoms with Crippen molar-refractivity contribution in [2.75, 3.05) is 0 Å². The van der Waals surface area contributed by atoms with Crippen molar-refractivity contribution in [2.24, 2.45) is 34.0 Å². The molecule has 0 amide bonds. The van der Waals surface area contributed by atoms with E-state index in [2.05, 4.69) is 41.2 Å². The Morgan fingerprint density at radius 3 is 2.14 bits per heavy atom. The summed E-state index contributed by atoms with van der Waals surface area (Å²) in [6.45, 7) is 16.3. The number of fused-ring (bicyclic) bond motifs is 3. The van der Waals surface area contributed by atoms with Crippen molar-refractivity contribution in [1.29, 1.82) is 0 Å². The van der Waals surface area contributed by atoms with Crippen molar-refractivity contribution in [2.45, 2.75) is 79.2 Å². The number of hydrogen-bond donors (Lipinski definition) is 1. The molecule has 1 nitrogen and oxygen atoms in total. The first-order chi connectivity index (χ1) is 9.64. The normalized spacial score (nSPS) is 52.1. The Hall–Kier alpha value is -0.300. The fourth-order valence-corrected chi connectivity index (χ4v) is 7.13. The molecule has 0 aliphatic heterocycles. The van der Waals surface area contributed by atoms with Gasteiger partial charge in [0.25, 0.3) is 0 Å². The van der Waals surface area contributed by atoms with Gasteiger partial charge in [0.15, 0.2) is 0 Å².